The van der Waals surface area contributed by atoms with Gasteiger partial charge in [-0.05, 0) is 18.2 Å². The predicted octanol–water partition coefficient (Wildman–Crippen LogP) is 1.95. The fourth-order valence-electron chi connectivity index (χ4n) is 2.11. The van der Waals surface area contributed by atoms with Crippen molar-refractivity contribution in [2.24, 2.45) is 0 Å². The Morgan fingerprint density at radius 3 is 2.85 bits per heavy atom. The number of hydrogen-bond donors (Lipinski definition) is 1. The molecule has 0 aliphatic carbocycles. The number of benzene rings is 1. The summed E-state index contributed by atoms with van der Waals surface area (Å²) in [6.45, 7) is 2.22. The van der Waals surface area contributed by atoms with Gasteiger partial charge in [-0.25, -0.2) is 0 Å². The summed E-state index contributed by atoms with van der Waals surface area (Å²) in [5.74, 6) is -0.0256. The van der Waals surface area contributed by atoms with Crippen molar-refractivity contribution in [2.75, 3.05) is 26.3 Å². The van der Waals surface area contributed by atoms with Crippen molar-refractivity contribution in [2.45, 2.75) is 4.90 Å². The number of aromatic nitrogens is 1. The number of ether oxygens (including phenoxy) is 1. The molecule has 0 amide bonds. The third kappa shape index (κ3) is 2.57. The van der Waals surface area contributed by atoms with Crippen LogP contribution in [0.5, 0.6) is 5.75 Å². The smallest absolute Gasteiger partial charge is 0.234 e. The van der Waals surface area contributed by atoms with Gasteiger partial charge in [0.2, 0.25) is 4.90 Å². The molecule has 1 unspecified atom stereocenters. The topological polar surface area (TPSA) is 68.7 Å². The highest BCUT2D eigenvalue weighted by Gasteiger charge is 2.28. The Balaban J connectivity index is 2.00. The van der Waals surface area contributed by atoms with Gasteiger partial charge in [-0.1, -0.05) is 11.6 Å². The van der Waals surface area contributed by atoms with E-state index in [0.29, 0.717) is 47.1 Å². The Kier molecular flexibility index (Phi) is 4.00. The zero-order chi connectivity index (χ0) is 14.1. The number of hydrogen-bond acceptors (Lipinski definition) is 5. The molecule has 1 fully saturated rings. The Morgan fingerprint density at radius 2 is 2.10 bits per heavy atom. The third-order valence-corrected chi connectivity index (χ3v) is 4.90. The van der Waals surface area contributed by atoms with E-state index in [4.69, 9.17) is 16.3 Å². The van der Waals surface area contributed by atoms with Crippen LogP contribution in [0.25, 0.3) is 10.9 Å². The molecule has 2 aromatic rings. The van der Waals surface area contributed by atoms with Crippen LogP contribution in [0, 0.1) is 0 Å². The van der Waals surface area contributed by atoms with E-state index in [1.165, 1.54) is 6.20 Å². The number of nitrogens with zero attached hydrogens (tertiary/aromatic N) is 2. The molecule has 0 saturated carbocycles. The van der Waals surface area contributed by atoms with Gasteiger partial charge in [-0.2, -0.15) is 0 Å². The second-order valence-electron chi connectivity index (χ2n) is 4.42. The largest absolute Gasteiger partial charge is 0.593 e. The van der Waals surface area contributed by atoms with E-state index in [9.17, 15) is 9.66 Å². The van der Waals surface area contributed by atoms with Gasteiger partial charge in [0, 0.05) is 10.4 Å². The minimum Gasteiger partial charge on any atom is -0.593 e. The Bertz CT molecular complexity index is 634. The monoisotopic (exact) mass is 312 g/mol. The molecular formula is C13H13ClN2O3S. The summed E-state index contributed by atoms with van der Waals surface area (Å²) in [6, 6.07) is 5.05. The van der Waals surface area contributed by atoms with E-state index in [2.05, 4.69) is 4.98 Å². The minimum atomic E-state index is -1.45. The van der Waals surface area contributed by atoms with E-state index >= 15 is 0 Å². The molecular weight excluding hydrogens is 300 g/mol. The Hall–Kier alpha value is -1.05. The van der Waals surface area contributed by atoms with Crippen molar-refractivity contribution >= 4 is 33.9 Å². The Morgan fingerprint density at radius 1 is 1.35 bits per heavy atom. The van der Waals surface area contributed by atoms with E-state index < -0.39 is 11.4 Å². The number of rotatable bonds is 2. The van der Waals surface area contributed by atoms with Crippen LogP contribution in [-0.4, -0.2) is 45.3 Å². The van der Waals surface area contributed by atoms with Crippen molar-refractivity contribution in [1.82, 2.24) is 9.29 Å². The SMILES string of the molecule is [O-][S+](c1cnc2ccc(Cl)cc2c1O)N1CCOCC1. The van der Waals surface area contributed by atoms with Gasteiger partial charge in [-0.3, -0.25) is 4.98 Å². The molecule has 1 aliphatic rings. The average Bonchev–Trinajstić information content (AvgIpc) is 2.48. The molecule has 5 nitrogen and oxygen atoms in total. The van der Waals surface area contributed by atoms with Crippen LogP contribution in [-0.2, 0) is 16.1 Å². The standard InChI is InChI=1S/C13H13ClN2O3S/c14-9-1-2-11-10(7-9)13(17)12(8-15-11)20(18)16-3-5-19-6-4-16/h1-2,7-8H,3-6H2,(H,15,17). The van der Waals surface area contributed by atoms with Crippen LogP contribution in [0.15, 0.2) is 29.3 Å². The quantitative estimate of drug-likeness (QED) is 0.858. The summed E-state index contributed by atoms with van der Waals surface area (Å²) in [5.41, 5.74) is 0.620. The van der Waals surface area contributed by atoms with E-state index in [1.807, 2.05) is 0 Å². The van der Waals surface area contributed by atoms with Crippen LogP contribution in [0.1, 0.15) is 0 Å². The van der Waals surface area contributed by atoms with Crippen molar-refractivity contribution in [1.29, 1.82) is 0 Å². The Labute approximate surface area is 124 Å². The molecule has 3 rings (SSSR count). The average molecular weight is 313 g/mol. The van der Waals surface area contributed by atoms with Crippen molar-refractivity contribution in [3.8, 4) is 5.75 Å². The van der Waals surface area contributed by atoms with Crippen molar-refractivity contribution in [3.05, 3.63) is 29.4 Å². The molecule has 0 bridgehead atoms. The molecule has 1 atom stereocenters. The normalized spacial score (nSPS) is 18.3. The van der Waals surface area contributed by atoms with Crippen molar-refractivity contribution < 1.29 is 14.4 Å². The molecule has 1 aliphatic heterocycles. The maximum absolute atomic E-state index is 12.5. The number of halogens is 1. The lowest BCUT2D eigenvalue weighted by atomic mass is 10.2. The van der Waals surface area contributed by atoms with E-state index in [0.717, 1.165) is 0 Å². The molecule has 1 aromatic carbocycles. The zero-order valence-corrected chi connectivity index (χ0v) is 12.2. The maximum atomic E-state index is 12.5. The van der Waals surface area contributed by atoms with Gasteiger partial charge in [0.05, 0.1) is 49.4 Å². The van der Waals surface area contributed by atoms with Gasteiger partial charge in [0.15, 0.2) is 5.75 Å². The van der Waals surface area contributed by atoms with Gasteiger partial charge in [-0.15, -0.1) is 4.31 Å². The summed E-state index contributed by atoms with van der Waals surface area (Å²) in [4.78, 5) is 4.54. The summed E-state index contributed by atoms with van der Waals surface area (Å²) in [5, 5.41) is 11.3. The van der Waals surface area contributed by atoms with Crippen LogP contribution in [0.4, 0.5) is 0 Å². The summed E-state index contributed by atoms with van der Waals surface area (Å²) in [6.07, 6.45) is 1.46. The molecule has 1 saturated heterocycles. The zero-order valence-electron chi connectivity index (χ0n) is 10.6. The molecule has 0 radical (unpaired) electrons. The third-order valence-electron chi connectivity index (χ3n) is 3.16. The minimum absolute atomic E-state index is 0.0256. The lowest BCUT2D eigenvalue weighted by molar-refractivity contribution is 0.0729. The molecule has 1 N–H and O–H groups in total. The first-order chi connectivity index (χ1) is 9.66. The fraction of sp³-hybridized carbons (Fsp3) is 0.308. The van der Waals surface area contributed by atoms with Crippen LogP contribution < -0.4 is 0 Å². The lowest BCUT2D eigenvalue weighted by Gasteiger charge is -2.27. The highest BCUT2D eigenvalue weighted by atomic mass is 35.5. The first-order valence-corrected chi connectivity index (χ1v) is 7.67. The highest BCUT2D eigenvalue weighted by molar-refractivity contribution is 7.89. The molecule has 20 heavy (non-hydrogen) atoms. The van der Waals surface area contributed by atoms with Gasteiger partial charge in [0.25, 0.3) is 0 Å². The maximum Gasteiger partial charge on any atom is 0.234 e. The molecule has 0 spiro atoms. The first kappa shape index (κ1) is 13.9. The number of aromatic hydroxyl groups is 1. The van der Waals surface area contributed by atoms with E-state index in [-0.39, 0.29) is 5.75 Å². The van der Waals surface area contributed by atoms with E-state index in [1.54, 1.807) is 22.5 Å². The fourth-order valence-corrected chi connectivity index (χ4v) is 3.46. The lowest BCUT2D eigenvalue weighted by Crippen LogP contribution is -2.40. The number of fused-ring (bicyclic) bond motifs is 1. The summed E-state index contributed by atoms with van der Waals surface area (Å²) < 4.78 is 19.5. The highest BCUT2D eigenvalue weighted by Crippen LogP contribution is 2.33. The van der Waals surface area contributed by atoms with Gasteiger partial charge >= 0.3 is 0 Å². The molecule has 106 valence electrons. The second kappa shape index (κ2) is 5.75. The van der Waals surface area contributed by atoms with Crippen LogP contribution in [0.3, 0.4) is 0 Å². The number of morpholine rings is 1. The van der Waals surface area contributed by atoms with Gasteiger partial charge < -0.3 is 14.4 Å². The van der Waals surface area contributed by atoms with Gasteiger partial charge in [0.1, 0.15) is 0 Å². The second-order valence-corrected chi connectivity index (χ2v) is 6.31. The summed E-state index contributed by atoms with van der Waals surface area (Å²) >= 11 is 4.48. The first-order valence-electron chi connectivity index (χ1n) is 6.18. The number of pyridine rings is 1. The van der Waals surface area contributed by atoms with Crippen molar-refractivity contribution in [3.63, 3.8) is 0 Å². The predicted molar refractivity (Wildman–Crippen MR) is 77.2 cm³/mol. The molecule has 7 heteroatoms. The molecule has 1 aromatic heterocycles. The van der Waals surface area contributed by atoms with Crippen LogP contribution >= 0.6 is 11.6 Å². The van der Waals surface area contributed by atoms with Crippen LogP contribution in [0.2, 0.25) is 5.02 Å². The molecule has 2 heterocycles. The summed E-state index contributed by atoms with van der Waals surface area (Å²) in [7, 11) is 0.